The van der Waals surface area contributed by atoms with Crippen LogP contribution in [0.25, 0.3) is 17.0 Å². The standard InChI is InChI=1S/C22H16F3N3O/c23-22(24,25)16-3-1-14(2-4-16)13-21(29)28-20-8-7-19-17(20)5-6-18(27-19)15-9-11-26-12-10-15/h1-6,8-12H,7,13H2,(H,28,29). The lowest BCUT2D eigenvalue weighted by Gasteiger charge is -2.10. The Balaban J connectivity index is 1.43. The number of benzene rings is 1. The molecule has 0 aliphatic heterocycles. The maximum Gasteiger partial charge on any atom is 0.416 e. The molecule has 29 heavy (non-hydrogen) atoms. The molecule has 0 atom stereocenters. The van der Waals surface area contributed by atoms with E-state index in [9.17, 15) is 18.0 Å². The summed E-state index contributed by atoms with van der Waals surface area (Å²) in [7, 11) is 0. The highest BCUT2D eigenvalue weighted by Gasteiger charge is 2.30. The fraction of sp³-hybridized carbons (Fsp3) is 0.136. The number of rotatable bonds is 4. The van der Waals surface area contributed by atoms with E-state index in [0.29, 0.717) is 17.7 Å². The number of hydrogen-bond donors (Lipinski definition) is 1. The molecule has 1 aliphatic rings. The maximum atomic E-state index is 12.6. The summed E-state index contributed by atoms with van der Waals surface area (Å²) in [5.74, 6) is -0.290. The van der Waals surface area contributed by atoms with Crippen LogP contribution in [-0.4, -0.2) is 15.9 Å². The van der Waals surface area contributed by atoms with Crippen molar-refractivity contribution in [2.45, 2.75) is 19.0 Å². The van der Waals surface area contributed by atoms with Crippen LogP contribution in [0.5, 0.6) is 0 Å². The van der Waals surface area contributed by atoms with Gasteiger partial charge >= 0.3 is 6.18 Å². The van der Waals surface area contributed by atoms with E-state index in [-0.39, 0.29) is 12.3 Å². The summed E-state index contributed by atoms with van der Waals surface area (Å²) in [5, 5.41) is 2.84. The number of fused-ring (bicyclic) bond motifs is 1. The van der Waals surface area contributed by atoms with Gasteiger partial charge in [-0.15, -0.1) is 0 Å². The summed E-state index contributed by atoms with van der Waals surface area (Å²) in [6, 6.07) is 12.2. The molecule has 7 heteroatoms. The minimum atomic E-state index is -4.39. The van der Waals surface area contributed by atoms with Gasteiger partial charge < -0.3 is 5.32 Å². The van der Waals surface area contributed by atoms with Crippen molar-refractivity contribution in [2.75, 3.05) is 0 Å². The number of amides is 1. The summed E-state index contributed by atoms with van der Waals surface area (Å²) < 4.78 is 37.9. The molecule has 146 valence electrons. The van der Waals surface area contributed by atoms with Gasteiger partial charge in [-0.05, 0) is 42.0 Å². The van der Waals surface area contributed by atoms with Crippen LogP contribution < -0.4 is 5.32 Å². The molecule has 0 unspecified atom stereocenters. The first-order valence-electron chi connectivity index (χ1n) is 8.97. The Hall–Kier alpha value is -3.48. The molecule has 1 N–H and O–H groups in total. The number of carbonyl (C=O) groups excluding carboxylic acids is 1. The SMILES string of the molecule is O=C(Cc1ccc(C(F)(F)F)cc1)NC1=CCc2nc(-c3ccncc3)ccc21. The molecule has 1 aromatic carbocycles. The minimum Gasteiger partial charge on any atom is -0.325 e. The smallest absolute Gasteiger partial charge is 0.325 e. The summed E-state index contributed by atoms with van der Waals surface area (Å²) in [4.78, 5) is 21.0. The number of allylic oxidation sites excluding steroid dienone is 1. The lowest BCUT2D eigenvalue weighted by Crippen LogP contribution is -2.23. The van der Waals surface area contributed by atoms with Gasteiger partial charge in [-0.3, -0.25) is 14.8 Å². The van der Waals surface area contributed by atoms with Crippen molar-refractivity contribution in [2.24, 2.45) is 0 Å². The molecule has 2 heterocycles. The second kappa shape index (κ2) is 7.50. The minimum absolute atomic E-state index is 0.00661. The van der Waals surface area contributed by atoms with Gasteiger partial charge in [-0.2, -0.15) is 13.2 Å². The summed E-state index contributed by atoms with van der Waals surface area (Å²) in [5.41, 5.74) is 3.96. The normalized spacial score (nSPS) is 13.0. The lowest BCUT2D eigenvalue weighted by molar-refractivity contribution is -0.137. The number of aromatic nitrogens is 2. The molecule has 0 fully saturated rings. The predicted octanol–water partition coefficient (Wildman–Crippen LogP) is 4.42. The quantitative estimate of drug-likeness (QED) is 0.712. The molecule has 1 amide bonds. The van der Waals surface area contributed by atoms with Crippen molar-refractivity contribution in [3.63, 3.8) is 0 Å². The van der Waals surface area contributed by atoms with Gasteiger partial charge in [0.25, 0.3) is 0 Å². The Kier molecular flexibility index (Phi) is 4.88. The van der Waals surface area contributed by atoms with E-state index < -0.39 is 11.7 Å². The molecule has 0 spiro atoms. The Morgan fingerprint density at radius 1 is 1.00 bits per heavy atom. The monoisotopic (exact) mass is 395 g/mol. The third kappa shape index (κ3) is 4.18. The van der Waals surface area contributed by atoms with Crippen molar-refractivity contribution in [3.05, 3.63) is 89.4 Å². The largest absolute Gasteiger partial charge is 0.416 e. The number of hydrogen-bond acceptors (Lipinski definition) is 3. The van der Waals surface area contributed by atoms with Gasteiger partial charge in [0.1, 0.15) is 0 Å². The number of halogens is 3. The summed E-state index contributed by atoms with van der Waals surface area (Å²) in [6.45, 7) is 0. The molecule has 1 aliphatic carbocycles. The van der Waals surface area contributed by atoms with Crippen LogP contribution in [0.1, 0.15) is 22.4 Å². The van der Waals surface area contributed by atoms with Crippen molar-refractivity contribution in [3.8, 4) is 11.3 Å². The van der Waals surface area contributed by atoms with Crippen LogP contribution >= 0.6 is 0 Å². The molecule has 0 saturated carbocycles. The van der Waals surface area contributed by atoms with Crippen LogP contribution in [0.4, 0.5) is 13.2 Å². The van der Waals surface area contributed by atoms with Crippen molar-refractivity contribution in [1.29, 1.82) is 0 Å². The van der Waals surface area contributed by atoms with Gasteiger partial charge in [-0.25, -0.2) is 0 Å². The zero-order valence-electron chi connectivity index (χ0n) is 15.2. The zero-order chi connectivity index (χ0) is 20.4. The first-order chi connectivity index (χ1) is 13.9. The lowest BCUT2D eigenvalue weighted by atomic mass is 10.1. The van der Waals surface area contributed by atoms with E-state index in [1.165, 1.54) is 12.1 Å². The molecular weight excluding hydrogens is 379 g/mol. The molecule has 2 aromatic heterocycles. The van der Waals surface area contributed by atoms with Crippen molar-refractivity contribution >= 4 is 11.6 Å². The van der Waals surface area contributed by atoms with Gasteiger partial charge in [0.05, 0.1) is 23.4 Å². The maximum absolute atomic E-state index is 12.6. The third-order valence-corrected chi connectivity index (χ3v) is 4.66. The van der Waals surface area contributed by atoms with Gasteiger partial charge in [0.15, 0.2) is 0 Å². The highest BCUT2D eigenvalue weighted by Crippen LogP contribution is 2.29. The van der Waals surface area contributed by atoms with Gasteiger partial charge in [-0.1, -0.05) is 18.2 Å². The second-order valence-corrected chi connectivity index (χ2v) is 6.67. The molecule has 4 nitrogen and oxygen atoms in total. The highest BCUT2D eigenvalue weighted by molar-refractivity contribution is 5.89. The Bertz CT molecular complexity index is 1070. The van der Waals surface area contributed by atoms with Crippen LogP contribution in [0.15, 0.2) is 67.0 Å². The van der Waals surface area contributed by atoms with Gasteiger partial charge in [0, 0.05) is 35.6 Å². The van der Waals surface area contributed by atoms with Gasteiger partial charge in [0.2, 0.25) is 5.91 Å². The van der Waals surface area contributed by atoms with E-state index in [0.717, 1.165) is 34.6 Å². The number of alkyl halides is 3. The van der Waals surface area contributed by atoms with E-state index >= 15 is 0 Å². The van der Waals surface area contributed by atoms with Crippen molar-refractivity contribution in [1.82, 2.24) is 15.3 Å². The number of pyridine rings is 2. The first-order valence-corrected chi connectivity index (χ1v) is 8.97. The Morgan fingerprint density at radius 3 is 2.41 bits per heavy atom. The zero-order valence-corrected chi connectivity index (χ0v) is 15.2. The average molecular weight is 395 g/mol. The Morgan fingerprint density at radius 2 is 1.72 bits per heavy atom. The van der Waals surface area contributed by atoms with Crippen molar-refractivity contribution < 1.29 is 18.0 Å². The highest BCUT2D eigenvalue weighted by atomic mass is 19.4. The van der Waals surface area contributed by atoms with E-state index in [1.807, 2.05) is 30.3 Å². The molecule has 0 radical (unpaired) electrons. The molecular formula is C22H16F3N3O. The van der Waals surface area contributed by atoms with Crippen LogP contribution in [0.2, 0.25) is 0 Å². The number of nitrogens with zero attached hydrogens (tertiary/aromatic N) is 2. The molecule has 0 saturated heterocycles. The summed E-state index contributed by atoms with van der Waals surface area (Å²) in [6.07, 6.45) is 1.50. The fourth-order valence-corrected chi connectivity index (χ4v) is 3.20. The van der Waals surface area contributed by atoms with E-state index in [1.54, 1.807) is 12.4 Å². The number of carbonyl (C=O) groups is 1. The predicted molar refractivity (Wildman–Crippen MR) is 102 cm³/mol. The van der Waals surface area contributed by atoms with Crippen LogP contribution in [-0.2, 0) is 23.8 Å². The van der Waals surface area contributed by atoms with Crippen LogP contribution in [0.3, 0.4) is 0 Å². The van der Waals surface area contributed by atoms with Crippen LogP contribution in [0, 0.1) is 0 Å². The molecule has 0 bridgehead atoms. The third-order valence-electron chi connectivity index (χ3n) is 4.66. The first kappa shape index (κ1) is 18.9. The van der Waals surface area contributed by atoms with E-state index in [4.69, 9.17) is 0 Å². The average Bonchev–Trinajstić information content (AvgIpc) is 3.10. The summed E-state index contributed by atoms with van der Waals surface area (Å²) >= 11 is 0. The second-order valence-electron chi connectivity index (χ2n) is 6.67. The fourth-order valence-electron chi connectivity index (χ4n) is 3.20. The van der Waals surface area contributed by atoms with E-state index in [2.05, 4.69) is 15.3 Å². The Labute approximate surface area is 165 Å². The number of nitrogens with one attached hydrogen (secondary N) is 1. The topological polar surface area (TPSA) is 54.9 Å². The molecule has 3 aromatic rings. The molecule has 4 rings (SSSR count).